The third-order valence-electron chi connectivity index (χ3n) is 2.51. The van der Waals surface area contributed by atoms with E-state index in [0.29, 0.717) is 0 Å². The van der Waals surface area contributed by atoms with Gasteiger partial charge in [0.25, 0.3) is 0 Å². The van der Waals surface area contributed by atoms with Gasteiger partial charge in [-0.15, -0.1) is 0 Å². The number of nitrogens with one attached hydrogen (secondary N) is 1. The Morgan fingerprint density at radius 2 is 2.21 bits per heavy atom. The molecule has 0 aliphatic rings. The van der Waals surface area contributed by atoms with E-state index in [1.54, 1.807) is 0 Å². The maximum atomic E-state index is 12.0. The molecule has 1 aromatic carbocycles. The highest BCUT2D eigenvalue weighted by Gasteiger charge is 2.16. The molecule has 6 nitrogen and oxygen atoms in total. The second kappa shape index (κ2) is 6.31. The molecule has 0 unspecified atom stereocenters. The molecule has 1 rings (SSSR count). The molecule has 0 bridgehead atoms. The smallest absolute Gasteiger partial charge is 0.320 e. The average molecular weight is 282 g/mol. The van der Waals surface area contributed by atoms with Crippen molar-refractivity contribution in [3.05, 3.63) is 29.8 Å². The summed E-state index contributed by atoms with van der Waals surface area (Å²) in [5.41, 5.74) is 0.271. The monoisotopic (exact) mass is 282 g/mol. The summed E-state index contributed by atoms with van der Waals surface area (Å²) < 4.78 is 23.9. The number of hydrogen-bond acceptors (Lipinski definition) is 5. The van der Waals surface area contributed by atoms with E-state index in [2.05, 4.69) is 5.32 Å². The number of aliphatic carboxylic acids is 1. The standard InChI is InChI=1S/C12H14N2O4S/c1-9(12(15)16)14-5-6-19(17,18)11-4-2-3-10(7-11)8-13/h2-4,7,9,14H,5-6H2,1H3,(H,15,16)/t9-/m1/s1. The summed E-state index contributed by atoms with van der Waals surface area (Å²) in [5.74, 6) is -1.26. The topological polar surface area (TPSA) is 107 Å². The molecule has 1 aromatic rings. The van der Waals surface area contributed by atoms with Crippen LogP contribution in [0.3, 0.4) is 0 Å². The summed E-state index contributed by atoms with van der Waals surface area (Å²) in [5, 5.41) is 20.0. The van der Waals surface area contributed by atoms with E-state index in [1.807, 2.05) is 6.07 Å². The zero-order valence-electron chi connectivity index (χ0n) is 10.3. The van der Waals surface area contributed by atoms with E-state index >= 15 is 0 Å². The fraction of sp³-hybridized carbons (Fsp3) is 0.333. The van der Waals surface area contributed by atoms with Crippen molar-refractivity contribution in [3.63, 3.8) is 0 Å². The third kappa shape index (κ3) is 4.35. The Bertz CT molecular complexity index is 604. The molecule has 0 fully saturated rings. The first kappa shape index (κ1) is 15.1. The van der Waals surface area contributed by atoms with Crippen LogP contribution in [0, 0.1) is 11.3 Å². The summed E-state index contributed by atoms with van der Waals surface area (Å²) in [6.07, 6.45) is 0. The van der Waals surface area contributed by atoms with Gasteiger partial charge < -0.3 is 10.4 Å². The molecular weight excluding hydrogens is 268 g/mol. The Labute approximate surface area is 111 Å². The van der Waals surface area contributed by atoms with Gasteiger partial charge in [0, 0.05) is 6.54 Å². The maximum Gasteiger partial charge on any atom is 0.320 e. The fourth-order valence-electron chi connectivity index (χ4n) is 1.37. The highest BCUT2D eigenvalue weighted by atomic mass is 32.2. The molecule has 19 heavy (non-hydrogen) atoms. The summed E-state index contributed by atoms with van der Waals surface area (Å²) >= 11 is 0. The Morgan fingerprint density at radius 3 is 2.79 bits per heavy atom. The number of carboxylic acid groups (broad SMARTS) is 1. The molecule has 0 saturated carbocycles. The summed E-state index contributed by atoms with van der Waals surface area (Å²) in [7, 11) is -3.52. The predicted octanol–water partition coefficient (Wildman–Crippen LogP) is 0.395. The van der Waals surface area contributed by atoms with Crippen molar-refractivity contribution in [2.75, 3.05) is 12.3 Å². The SMILES string of the molecule is C[C@@H](NCCS(=O)(=O)c1cccc(C#N)c1)C(=O)O. The number of nitriles is 1. The van der Waals surface area contributed by atoms with Crippen molar-refractivity contribution < 1.29 is 18.3 Å². The Morgan fingerprint density at radius 1 is 1.53 bits per heavy atom. The van der Waals surface area contributed by atoms with Crippen LogP contribution in [0.2, 0.25) is 0 Å². The van der Waals surface area contributed by atoms with Crippen LogP contribution in [-0.2, 0) is 14.6 Å². The van der Waals surface area contributed by atoms with Crippen molar-refractivity contribution in [3.8, 4) is 6.07 Å². The van der Waals surface area contributed by atoms with Crippen LogP contribution in [-0.4, -0.2) is 37.8 Å². The van der Waals surface area contributed by atoms with Gasteiger partial charge in [-0.05, 0) is 25.1 Å². The van der Waals surface area contributed by atoms with Crippen molar-refractivity contribution in [2.45, 2.75) is 17.9 Å². The Balaban J connectivity index is 2.71. The maximum absolute atomic E-state index is 12.0. The minimum absolute atomic E-state index is 0.0343. The average Bonchev–Trinajstić information content (AvgIpc) is 2.38. The Hall–Kier alpha value is -1.91. The molecule has 0 saturated heterocycles. The second-order valence-corrected chi connectivity index (χ2v) is 6.08. The summed E-state index contributed by atoms with van der Waals surface area (Å²) in [6.45, 7) is 1.47. The van der Waals surface area contributed by atoms with Gasteiger partial charge >= 0.3 is 5.97 Å². The molecule has 1 atom stereocenters. The van der Waals surface area contributed by atoms with Gasteiger partial charge in [-0.2, -0.15) is 5.26 Å². The number of carboxylic acids is 1. The summed E-state index contributed by atoms with van der Waals surface area (Å²) in [4.78, 5) is 10.6. The lowest BCUT2D eigenvalue weighted by atomic mass is 10.2. The van der Waals surface area contributed by atoms with E-state index in [9.17, 15) is 13.2 Å². The number of benzene rings is 1. The highest BCUT2D eigenvalue weighted by Crippen LogP contribution is 2.12. The van der Waals surface area contributed by atoms with Gasteiger partial charge in [-0.1, -0.05) is 6.07 Å². The lowest BCUT2D eigenvalue weighted by Crippen LogP contribution is -2.36. The van der Waals surface area contributed by atoms with Gasteiger partial charge in [0.15, 0.2) is 9.84 Å². The second-order valence-electron chi connectivity index (χ2n) is 3.97. The van der Waals surface area contributed by atoms with Crippen LogP contribution in [0.1, 0.15) is 12.5 Å². The molecule has 102 valence electrons. The predicted molar refractivity (Wildman–Crippen MR) is 68.3 cm³/mol. The quantitative estimate of drug-likeness (QED) is 0.781. The van der Waals surface area contributed by atoms with E-state index in [0.717, 1.165) is 0 Å². The van der Waals surface area contributed by atoms with Gasteiger partial charge in [-0.25, -0.2) is 8.42 Å². The summed E-state index contributed by atoms with van der Waals surface area (Å²) in [6, 6.07) is 6.80. The number of rotatable bonds is 6. The van der Waals surface area contributed by atoms with Crippen LogP contribution < -0.4 is 5.32 Å². The van der Waals surface area contributed by atoms with E-state index in [1.165, 1.54) is 31.2 Å². The molecular formula is C12H14N2O4S. The first-order valence-electron chi connectivity index (χ1n) is 5.56. The van der Waals surface area contributed by atoms with Crippen molar-refractivity contribution in [2.24, 2.45) is 0 Å². The van der Waals surface area contributed by atoms with Crippen LogP contribution in [0.5, 0.6) is 0 Å². The van der Waals surface area contributed by atoms with Crippen LogP contribution in [0.25, 0.3) is 0 Å². The lowest BCUT2D eigenvalue weighted by molar-refractivity contribution is -0.138. The van der Waals surface area contributed by atoms with Crippen molar-refractivity contribution in [1.82, 2.24) is 5.32 Å². The van der Waals surface area contributed by atoms with Gasteiger partial charge in [0.05, 0.1) is 22.3 Å². The first-order valence-corrected chi connectivity index (χ1v) is 7.21. The number of carbonyl (C=O) groups is 1. The normalized spacial score (nSPS) is 12.6. The van der Waals surface area contributed by atoms with E-state index < -0.39 is 21.8 Å². The van der Waals surface area contributed by atoms with Crippen molar-refractivity contribution >= 4 is 15.8 Å². The number of nitrogens with zero attached hydrogens (tertiary/aromatic N) is 1. The minimum Gasteiger partial charge on any atom is -0.480 e. The third-order valence-corrected chi connectivity index (χ3v) is 4.23. The molecule has 7 heteroatoms. The molecule has 0 heterocycles. The fourth-order valence-corrected chi connectivity index (χ4v) is 2.59. The first-order chi connectivity index (χ1) is 8.86. The van der Waals surface area contributed by atoms with Gasteiger partial charge in [0.2, 0.25) is 0 Å². The molecule has 0 radical (unpaired) electrons. The molecule has 2 N–H and O–H groups in total. The lowest BCUT2D eigenvalue weighted by Gasteiger charge is -2.09. The zero-order chi connectivity index (χ0) is 14.5. The van der Waals surface area contributed by atoms with Crippen LogP contribution in [0.15, 0.2) is 29.2 Å². The largest absolute Gasteiger partial charge is 0.480 e. The molecule has 0 aliphatic heterocycles. The highest BCUT2D eigenvalue weighted by molar-refractivity contribution is 7.91. The van der Waals surface area contributed by atoms with Crippen molar-refractivity contribution in [1.29, 1.82) is 5.26 Å². The number of hydrogen-bond donors (Lipinski definition) is 2. The molecule has 0 aliphatic carbocycles. The molecule has 0 aromatic heterocycles. The number of sulfone groups is 1. The van der Waals surface area contributed by atoms with Crippen LogP contribution >= 0.6 is 0 Å². The molecule has 0 spiro atoms. The van der Waals surface area contributed by atoms with E-state index in [-0.39, 0.29) is 22.8 Å². The molecule has 0 amide bonds. The van der Waals surface area contributed by atoms with Gasteiger partial charge in [0.1, 0.15) is 6.04 Å². The van der Waals surface area contributed by atoms with Gasteiger partial charge in [-0.3, -0.25) is 4.79 Å². The van der Waals surface area contributed by atoms with Crippen LogP contribution in [0.4, 0.5) is 0 Å². The Kier molecular flexibility index (Phi) is 5.03. The van der Waals surface area contributed by atoms with E-state index in [4.69, 9.17) is 10.4 Å². The zero-order valence-corrected chi connectivity index (χ0v) is 11.1. The minimum atomic E-state index is -3.52.